The summed E-state index contributed by atoms with van der Waals surface area (Å²) >= 11 is 0. The molecule has 0 aromatic heterocycles. The topological polar surface area (TPSA) is 80.9 Å². The van der Waals surface area contributed by atoms with Gasteiger partial charge >= 0.3 is 0 Å². The van der Waals surface area contributed by atoms with Crippen LogP contribution in [0, 0.1) is 0 Å². The summed E-state index contributed by atoms with van der Waals surface area (Å²) in [5, 5.41) is 35.3. The molecule has 0 aromatic carbocycles. The van der Waals surface area contributed by atoms with Crippen molar-refractivity contribution in [3.63, 3.8) is 0 Å². The summed E-state index contributed by atoms with van der Waals surface area (Å²) in [5.74, 6) is 0. The summed E-state index contributed by atoms with van der Waals surface area (Å²) in [5.41, 5.74) is 0. The standard InChI is InChI=1S/2C8H20NO2.BrH.ClH/c1-4-5-9(2,3)6-8(11)7-10;1-3-4-9(2,5-7-10)6-8-11;;/h8,10-11H,4-7H2,1-3H3;10-11H,3-8H2,1-2H3;2*1H/q2*+1;;. The number of quaternary nitrogens is 2. The van der Waals surface area contributed by atoms with Gasteiger partial charge in [-0.15, -0.1) is 29.4 Å². The van der Waals surface area contributed by atoms with Crippen molar-refractivity contribution >= 4 is 29.4 Å². The van der Waals surface area contributed by atoms with E-state index in [-0.39, 0.29) is 49.2 Å². The molecule has 0 aliphatic rings. The van der Waals surface area contributed by atoms with Crippen LogP contribution in [-0.2, 0) is 0 Å². The lowest BCUT2D eigenvalue weighted by atomic mass is 10.3. The van der Waals surface area contributed by atoms with Crippen molar-refractivity contribution in [3.8, 4) is 0 Å². The zero-order valence-corrected chi connectivity index (χ0v) is 18.7. The molecule has 0 aliphatic carbocycles. The van der Waals surface area contributed by atoms with Crippen molar-refractivity contribution < 1.29 is 29.4 Å². The molecular weight excluding hydrogens is 400 g/mol. The zero-order valence-electron chi connectivity index (χ0n) is 16.1. The van der Waals surface area contributed by atoms with Crippen LogP contribution >= 0.6 is 29.4 Å². The Balaban J connectivity index is -0.000000154. The Morgan fingerprint density at radius 1 is 0.792 bits per heavy atom. The number of hydrogen-bond donors (Lipinski definition) is 4. The van der Waals surface area contributed by atoms with Crippen LogP contribution in [0.2, 0.25) is 0 Å². The van der Waals surface area contributed by atoms with Gasteiger partial charge in [0.2, 0.25) is 0 Å². The third-order valence-corrected chi connectivity index (χ3v) is 3.79. The van der Waals surface area contributed by atoms with Gasteiger partial charge in [0.1, 0.15) is 25.7 Å². The van der Waals surface area contributed by atoms with Crippen LogP contribution in [-0.4, -0.2) is 109 Å². The number of aliphatic hydroxyl groups is 4. The van der Waals surface area contributed by atoms with Gasteiger partial charge in [0.05, 0.1) is 54.1 Å². The fraction of sp³-hybridized carbons (Fsp3) is 1.00. The maximum atomic E-state index is 9.15. The minimum atomic E-state index is -0.573. The van der Waals surface area contributed by atoms with Gasteiger partial charge < -0.3 is 29.4 Å². The minimum absolute atomic E-state index is 0. The van der Waals surface area contributed by atoms with Crippen LogP contribution < -0.4 is 0 Å². The molecule has 152 valence electrons. The maximum absolute atomic E-state index is 9.15. The quantitative estimate of drug-likeness (QED) is 0.355. The summed E-state index contributed by atoms with van der Waals surface area (Å²) in [6.07, 6.45) is 1.62. The van der Waals surface area contributed by atoms with E-state index >= 15 is 0 Å². The fourth-order valence-electron chi connectivity index (χ4n) is 2.68. The van der Waals surface area contributed by atoms with E-state index in [4.69, 9.17) is 20.4 Å². The lowest BCUT2D eigenvalue weighted by Gasteiger charge is -2.32. The fourth-order valence-corrected chi connectivity index (χ4v) is 2.68. The zero-order chi connectivity index (χ0) is 17.6. The highest BCUT2D eigenvalue weighted by molar-refractivity contribution is 8.93. The van der Waals surface area contributed by atoms with Crippen molar-refractivity contribution in [2.45, 2.75) is 32.8 Å². The van der Waals surface area contributed by atoms with E-state index in [2.05, 4.69) is 35.0 Å². The molecule has 1 unspecified atom stereocenters. The van der Waals surface area contributed by atoms with Gasteiger partial charge in [-0.2, -0.15) is 0 Å². The van der Waals surface area contributed by atoms with E-state index in [0.29, 0.717) is 6.54 Å². The largest absolute Gasteiger partial charge is 0.393 e. The molecule has 6 nitrogen and oxygen atoms in total. The molecule has 0 aromatic rings. The van der Waals surface area contributed by atoms with Gasteiger partial charge in [-0.1, -0.05) is 13.8 Å². The Bertz CT molecular complexity index is 245. The SMILES string of the molecule is Br.CCC[N+](C)(C)CC(O)CO.CCC[N+](C)(CCO)CCO.Cl. The first kappa shape index (κ1) is 32.2. The second kappa shape index (κ2) is 18.3. The van der Waals surface area contributed by atoms with Crippen molar-refractivity contribution in [2.24, 2.45) is 0 Å². The van der Waals surface area contributed by atoms with Crippen molar-refractivity contribution in [1.29, 1.82) is 0 Å². The maximum Gasteiger partial charge on any atom is 0.126 e. The van der Waals surface area contributed by atoms with Gasteiger partial charge in [-0.25, -0.2) is 0 Å². The van der Waals surface area contributed by atoms with Crippen LogP contribution in [0.15, 0.2) is 0 Å². The first-order chi connectivity index (χ1) is 10.2. The molecule has 0 rings (SSSR count). The molecule has 0 fully saturated rings. The Labute approximate surface area is 165 Å². The number of hydrogen-bond acceptors (Lipinski definition) is 4. The van der Waals surface area contributed by atoms with Gasteiger partial charge in [-0.05, 0) is 12.8 Å². The third-order valence-electron chi connectivity index (χ3n) is 3.79. The molecule has 8 heteroatoms. The van der Waals surface area contributed by atoms with Crippen molar-refractivity contribution in [2.75, 3.05) is 73.7 Å². The number of rotatable bonds is 11. The highest BCUT2D eigenvalue weighted by Crippen LogP contribution is 2.02. The summed E-state index contributed by atoms with van der Waals surface area (Å²) in [6.45, 7) is 8.69. The van der Waals surface area contributed by atoms with Crippen molar-refractivity contribution in [3.05, 3.63) is 0 Å². The minimum Gasteiger partial charge on any atom is -0.393 e. The van der Waals surface area contributed by atoms with Gasteiger partial charge in [0.15, 0.2) is 0 Å². The van der Waals surface area contributed by atoms with Crippen LogP contribution in [0.4, 0.5) is 0 Å². The van der Waals surface area contributed by atoms with E-state index in [1.165, 1.54) is 0 Å². The lowest BCUT2D eigenvalue weighted by Crippen LogP contribution is -2.48. The number of halogens is 2. The molecule has 0 saturated heterocycles. The number of likely N-dealkylation sites (N-methyl/N-ethyl adjacent to an activating group) is 2. The Kier molecular flexibility index (Phi) is 24.6. The Hall–Kier alpha value is 0.530. The number of aliphatic hydroxyl groups excluding tert-OH is 4. The van der Waals surface area contributed by atoms with Crippen LogP contribution in [0.5, 0.6) is 0 Å². The molecule has 24 heavy (non-hydrogen) atoms. The average molecular weight is 442 g/mol. The summed E-state index contributed by atoms with van der Waals surface area (Å²) in [6, 6.07) is 0. The first-order valence-electron chi connectivity index (χ1n) is 8.36. The van der Waals surface area contributed by atoms with Crippen LogP contribution in [0.3, 0.4) is 0 Å². The predicted octanol–water partition coefficient (Wildman–Crippen LogP) is 0.653. The van der Waals surface area contributed by atoms with E-state index in [1.807, 2.05) is 0 Å². The summed E-state index contributed by atoms with van der Waals surface area (Å²) in [7, 11) is 6.18. The average Bonchev–Trinajstić information content (AvgIpc) is 2.39. The van der Waals surface area contributed by atoms with E-state index in [1.54, 1.807) is 0 Å². The van der Waals surface area contributed by atoms with Gasteiger partial charge in [0, 0.05) is 0 Å². The molecular formula is C16H42BrClN2O4+2. The van der Waals surface area contributed by atoms with Gasteiger partial charge in [-0.3, -0.25) is 0 Å². The molecule has 0 bridgehead atoms. The molecule has 1 atom stereocenters. The van der Waals surface area contributed by atoms with Gasteiger partial charge in [0.25, 0.3) is 0 Å². The Morgan fingerprint density at radius 3 is 1.50 bits per heavy atom. The highest BCUT2D eigenvalue weighted by atomic mass is 79.9. The van der Waals surface area contributed by atoms with E-state index < -0.39 is 6.10 Å². The van der Waals surface area contributed by atoms with E-state index in [9.17, 15) is 0 Å². The van der Waals surface area contributed by atoms with Crippen molar-refractivity contribution in [1.82, 2.24) is 0 Å². The molecule has 0 heterocycles. The monoisotopic (exact) mass is 440 g/mol. The lowest BCUT2D eigenvalue weighted by molar-refractivity contribution is -0.910. The smallest absolute Gasteiger partial charge is 0.126 e. The number of nitrogens with zero attached hydrogens (tertiary/aromatic N) is 2. The highest BCUT2D eigenvalue weighted by Gasteiger charge is 2.18. The molecule has 0 saturated carbocycles. The molecule has 0 aliphatic heterocycles. The second-order valence-electron chi connectivity index (χ2n) is 6.92. The third kappa shape index (κ3) is 18.9. The molecule has 0 spiro atoms. The second-order valence-corrected chi connectivity index (χ2v) is 6.92. The summed E-state index contributed by atoms with van der Waals surface area (Å²) in [4.78, 5) is 0. The van der Waals surface area contributed by atoms with Crippen LogP contribution in [0.25, 0.3) is 0 Å². The molecule has 0 amide bonds. The Morgan fingerprint density at radius 2 is 1.21 bits per heavy atom. The molecule has 0 radical (unpaired) electrons. The van der Waals surface area contributed by atoms with Crippen LogP contribution in [0.1, 0.15) is 26.7 Å². The van der Waals surface area contributed by atoms with E-state index in [0.717, 1.165) is 48.0 Å². The normalized spacial score (nSPS) is 12.4. The summed E-state index contributed by atoms with van der Waals surface area (Å²) < 4.78 is 1.56. The first-order valence-corrected chi connectivity index (χ1v) is 8.36. The molecule has 4 N–H and O–H groups in total. The predicted molar refractivity (Wildman–Crippen MR) is 108 cm³/mol.